The SMILES string of the molecule is CC(C)=C[C@H](C)[C@@H](O[Si](C)(C)C(C)(C)C)[C@@H](C)CI. The molecule has 0 radical (unpaired) electrons. The summed E-state index contributed by atoms with van der Waals surface area (Å²) in [5, 5.41) is 0.279. The van der Waals surface area contributed by atoms with Crippen LogP contribution in [0.25, 0.3) is 0 Å². The number of halogens is 1. The van der Waals surface area contributed by atoms with Crippen LogP contribution in [0.5, 0.6) is 0 Å². The van der Waals surface area contributed by atoms with Crippen molar-refractivity contribution in [2.24, 2.45) is 11.8 Å². The van der Waals surface area contributed by atoms with E-state index in [9.17, 15) is 0 Å². The fraction of sp³-hybridized carbons (Fsp3) is 0.875. The van der Waals surface area contributed by atoms with Crippen molar-refractivity contribution in [1.82, 2.24) is 0 Å². The van der Waals surface area contributed by atoms with Crippen molar-refractivity contribution in [2.75, 3.05) is 4.43 Å². The van der Waals surface area contributed by atoms with Crippen LogP contribution in [0.15, 0.2) is 11.6 Å². The summed E-state index contributed by atoms with van der Waals surface area (Å²) < 4.78 is 7.86. The zero-order chi connectivity index (χ0) is 15.4. The van der Waals surface area contributed by atoms with E-state index in [2.05, 4.69) is 90.2 Å². The van der Waals surface area contributed by atoms with Gasteiger partial charge in [-0.3, -0.25) is 0 Å². The molecule has 0 unspecified atom stereocenters. The number of allylic oxidation sites excluding steroid dienone is 1. The molecule has 3 heteroatoms. The molecule has 114 valence electrons. The Hall–Kier alpha value is 0.647. The maximum absolute atomic E-state index is 6.71. The second kappa shape index (κ2) is 7.60. The first-order chi connectivity index (χ1) is 8.42. The van der Waals surface area contributed by atoms with Crippen LogP contribution < -0.4 is 0 Å². The highest BCUT2D eigenvalue weighted by Crippen LogP contribution is 2.39. The summed E-state index contributed by atoms with van der Waals surface area (Å²) in [6, 6.07) is 0. The molecule has 0 aliphatic carbocycles. The Kier molecular flexibility index (Phi) is 7.86. The predicted molar refractivity (Wildman–Crippen MR) is 98.7 cm³/mol. The molecule has 0 N–H and O–H groups in total. The van der Waals surface area contributed by atoms with Gasteiger partial charge in [0.15, 0.2) is 8.32 Å². The molecule has 0 rings (SSSR count). The van der Waals surface area contributed by atoms with Crippen LogP contribution >= 0.6 is 22.6 Å². The summed E-state index contributed by atoms with van der Waals surface area (Å²) in [6.45, 7) is 20.6. The standard InChI is InChI=1S/C16H33IOSi/c1-12(2)10-13(3)15(14(4)11-17)18-19(8,9)16(5,6)7/h10,13-15H,11H2,1-9H3/t13-,14-,15+/m0/s1. The van der Waals surface area contributed by atoms with Crippen LogP contribution in [0.3, 0.4) is 0 Å². The third kappa shape index (κ3) is 6.30. The van der Waals surface area contributed by atoms with Gasteiger partial charge in [-0.2, -0.15) is 0 Å². The Morgan fingerprint density at radius 1 is 1.21 bits per heavy atom. The summed E-state index contributed by atoms with van der Waals surface area (Å²) >= 11 is 2.48. The Morgan fingerprint density at radius 3 is 2.00 bits per heavy atom. The molecule has 0 saturated heterocycles. The molecule has 0 aromatic carbocycles. The van der Waals surface area contributed by atoms with E-state index in [1.54, 1.807) is 0 Å². The minimum Gasteiger partial charge on any atom is -0.413 e. The van der Waals surface area contributed by atoms with Gasteiger partial charge in [0.05, 0.1) is 6.10 Å². The molecule has 0 aromatic rings. The van der Waals surface area contributed by atoms with Crippen LogP contribution in [0.2, 0.25) is 18.1 Å². The topological polar surface area (TPSA) is 9.23 Å². The molecule has 0 heterocycles. The molecule has 3 atom stereocenters. The summed E-state index contributed by atoms with van der Waals surface area (Å²) in [5.41, 5.74) is 1.39. The minimum absolute atomic E-state index is 0.279. The van der Waals surface area contributed by atoms with Gasteiger partial charge in [-0.05, 0) is 43.8 Å². The largest absolute Gasteiger partial charge is 0.413 e. The van der Waals surface area contributed by atoms with Crippen molar-refractivity contribution < 1.29 is 4.43 Å². The monoisotopic (exact) mass is 396 g/mol. The second-order valence-electron chi connectivity index (χ2n) is 7.58. The summed E-state index contributed by atoms with van der Waals surface area (Å²) in [5.74, 6) is 1.09. The van der Waals surface area contributed by atoms with E-state index < -0.39 is 8.32 Å². The fourth-order valence-corrected chi connectivity index (χ4v) is 3.95. The van der Waals surface area contributed by atoms with E-state index >= 15 is 0 Å². The molecular formula is C16H33IOSi. The predicted octanol–water partition coefficient (Wildman–Crippen LogP) is 6.05. The Balaban J connectivity index is 5.14. The Morgan fingerprint density at radius 2 is 1.68 bits per heavy atom. The van der Waals surface area contributed by atoms with Gasteiger partial charge in [0.2, 0.25) is 0 Å². The third-order valence-electron chi connectivity index (χ3n) is 4.16. The van der Waals surface area contributed by atoms with Crippen LogP contribution in [0, 0.1) is 11.8 Å². The summed E-state index contributed by atoms with van der Waals surface area (Å²) in [7, 11) is -1.69. The maximum Gasteiger partial charge on any atom is 0.192 e. The average molecular weight is 396 g/mol. The highest BCUT2D eigenvalue weighted by atomic mass is 127. The van der Waals surface area contributed by atoms with Crippen molar-refractivity contribution in [3.05, 3.63) is 11.6 Å². The molecule has 0 amide bonds. The summed E-state index contributed by atoms with van der Waals surface area (Å²) in [6.07, 6.45) is 2.70. The fourth-order valence-electron chi connectivity index (χ4n) is 1.97. The first-order valence-corrected chi connectivity index (χ1v) is 11.7. The van der Waals surface area contributed by atoms with Gasteiger partial charge in [-0.15, -0.1) is 0 Å². The highest BCUT2D eigenvalue weighted by Gasteiger charge is 2.40. The zero-order valence-electron chi connectivity index (χ0n) is 14.3. The minimum atomic E-state index is -1.69. The van der Waals surface area contributed by atoms with Gasteiger partial charge in [-0.25, -0.2) is 0 Å². The Bertz CT molecular complexity index is 300. The van der Waals surface area contributed by atoms with Gasteiger partial charge >= 0.3 is 0 Å². The third-order valence-corrected chi connectivity index (χ3v) is 10.0. The van der Waals surface area contributed by atoms with Crippen LogP contribution in [0.4, 0.5) is 0 Å². The number of hydrogen-bond acceptors (Lipinski definition) is 1. The first-order valence-electron chi connectivity index (χ1n) is 7.31. The normalized spacial score (nSPS) is 17.8. The average Bonchev–Trinajstić information content (AvgIpc) is 2.22. The van der Waals surface area contributed by atoms with E-state index in [0.717, 1.165) is 4.43 Å². The number of rotatable bonds is 6. The lowest BCUT2D eigenvalue weighted by Gasteiger charge is -2.42. The van der Waals surface area contributed by atoms with Crippen molar-refractivity contribution >= 4 is 30.9 Å². The zero-order valence-corrected chi connectivity index (χ0v) is 17.5. The highest BCUT2D eigenvalue weighted by molar-refractivity contribution is 14.1. The van der Waals surface area contributed by atoms with Gasteiger partial charge < -0.3 is 4.43 Å². The van der Waals surface area contributed by atoms with E-state index in [0.29, 0.717) is 17.9 Å². The van der Waals surface area contributed by atoms with Crippen molar-refractivity contribution in [1.29, 1.82) is 0 Å². The summed E-state index contributed by atoms with van der Waals surface area (Å²) in [4.78, 5) is 0. The van der Waals surface area contributed by atoms with Crippen molar-refractivity contribution in [2.45, 2.75) is 72.7 Å². The van der Waals surface area contributed by atoms with Gasteiger partial charge in [0, 0.05) is 4.43 Å². The van der Waals surface area contributed by atoms with Crippen LogP contribution in [-0.2, 0) is 4.43 Å². The second-order valence-corrected chi connectivity index (χ2v) is 13.2. The smallest absolute Gasteiger partial charge is 0.192 e. The molecular weight excluding hydrogens is 363 g/mol. The molecule has 0 fully saturated rings. The lowest BCUT2D eigenvalue weighted by atomic mass is 9.93. The van der Waals surface area contributed by atoms with E-state index in [1.807, 2.05) is 0 Å². The molecule has 1 nitrogen and oxygen atoms in total. The van der Waals surface area contributed by atoms with Crippen molar-refractivity contribution in [3.8, 4) is 0 Å². The molecule has 0 spiro atoms. The quantitative estimate of drug-likeness (QED) is 0.230. The van der Waals surface area contributed by atoms with E-state index in [-0.39, 0.29) is 5.04 Å². The van der Waals surface area contributed by atoms with Crippen molar-refractivity contribution in [3.63, 3.8) is 0 Å². The van der Waals surface area contributed by atoms with Gasteiger partial charge in [0.25, 0.3) is 0 Å². The number of alkyl halides is 1. The molecule has 0 aliphatic heterocycles. The first kappa shape index (κ1) is 19.6. The lowest BCUT2D eigenvalue weighted by molar-refractivity contribution is 0.103. The molecule has 0 aliphatic rings. The van der Waals surface area contributed by atoms with Crippen LogP contribution in [0.1, 0.15) is 48.5 Å². The van der Waals surface area contributed by atoms with E-state index in [4.69, 9.17) is 4.43 Å². The molecule has 0 aromatic heterocycles. The lowest BCUT2D eigenvalue weighted by Crippen LogP contribution is -2.47. The molecule has 19 heavy (non-hydrogen) atoms. The molecule has 0 bridgehead atoms. The van der Waals surface area contributed by atoms with Crippen LogP contribution in [-0.4, -0.2) is 18.8 Å². The molecule has 0 saturated carbocycles. The maximum atomic E-state index is 6.71. The van der Waals surface area contributed by atoms with Gasteiger partial charge in [-0.1, -0.05) is 68.9 Å². The Labute approximate surface area is 135 Å². The van der Waals surface area contributed by atoms with Gasteiger partial charge in [0.1, 0.15) is 0 Å². The number of hydrogen-bond donors (Lipinski definition) is 0. The van der Waals surface area contributed by atoms with E-state index in [1.165, 1.54) is 5.57 Å².